The first-order valence-corrected chi connectivity index (χ1v) is 6.85. The number of rotatable bonds is 3. The Morgan fingerprint density at radius 1 is 1.21 bits per heavy atom. The molecule has 96 valence electrons. The molecule has 2 heterocycles. The molecule has 0 fully saturated rings. The van der Waals surface area contributed by atoms with Crippen LogP contribution >= 0.6 is 11.3 Å². The van der Waals surface area contributed by atoms with Gasteiger partial charge in [0.1, 0.15) is 5.82 Å². The molecule has 0 aliphatic heterocycles. The van der Waals surface area contributed by atoms with E-state index in [0.29, 0.717) is 5.82 Å². The van der Waals surface area contributed by atoms with Gasteiger partial charge in [-0.05, 0) is 36.2 Å². The molecule has 0 aliphatic rings. The number of benzene rings is 1. The minimum Gasteiger partial charge on any atom is -0.316 e. The lowest BCUT2D eigenvalue weighted by Crippen LogP contribution is -1.93. The van der Waals surface area contributed by atoms with Gasteiger partial charge in [-0.15, -0.1) is 0 Å². The second kappa shape index (κ2) is 4.93. The first-order valence-electron chi connectivity index (χ1n) is 6.03. The first-order chi connectivity index (χ1) is 9.24. The molecule has 0 spiro atoms. The lowest BCUT2D eigenvalue weighted by molar-refractivity contribution is 0.585. The van der Waals surface area contributed by atoms with E-state index in [0.717, 1.165) is 21.8 Å². The Bertz CT molecular complexity index is 724. The van der Waals surface area contributed by atoms with Gasteiger partial charge in [-0.25, -0.2) is 9.97 Å². The number of halogens is 1. The summed E-state index contributed by atoms with van der Waals surface area (Å²) >= 11 is 1.54. The molecule has 0 unspecified atom stereocenters. The van der Waals surface area contributed by atoms with E-state index >= 15 is 0 Å². The van der Waals surface area contributed by atoms with Gasteiger partial charge in [0.15, 0.2) is 5.13 Å². The molecule has 3 rings (SSSR count). The van der Waals surface area contributed by atoms with Gasteiger partial charge in [-0.1, -0.05) is 30.4 Å². The molecule has 0 amide bonds. The Morgan fingerprint density at radius 3 is 2.89 bits per heavy atom. The Hall–Kier alpha value is -2.01. The van der Waals surface area contributed by atoms with Crippen molar-refractivity contribution in [1.82, 2.24) is 9.97 Å². The van der Waals surface area contributed by atoms with E-state index in [9.17, 15) is 4.39 Å². The Morgan fingerprint density at radius 2 is 2.11 bits per heavy atom. The highest BCUT2D eigenvalue weighted by molar-refractivity contribution is 7.22. The molecule has 19 heavy (non-hydrogen) atoms. The minimum atomic E-state index is -0.501. The van der Waals surface area contributed by atoms with E-state index in [2.05, 4.69) is 34.3 Å². The molecule has 0 saturated carbocycles. The van der Waals surface area contributed by atoms with Crippen molar-refractivity contribution in [2.45, 2.75) is 13.3 Å². The third-order valence-electron chi connectivity index (χ3n) is 2.81. The average Bonchev–Trinajstić information content (AvgIpc) is 2.79. The molecule has 3 aromatic rings. The van der Waals surface area contributed by atoms with E-state index in [4.69, 9.17) is 0 Å². The molecule has 0 saturated heterocycles. The van der Waals surface area contributed by atoms with Crippen molar-refractivity contribution in [3.05, 3.63) is 47.9 Å². The summed E-state index contributed by atoms with van der Waals surface area (Å²) in [7, 11) is 0. The lowest BCUT2D eigenvalue weighted by Gasteiger charge is -1.99. The van der Waals surface area contributed by atoms with Crippen LogP contribution in [0.25, 0.3) is 10.2 Å². The van der Waals surface area contributed by atoms with Gasteiger partial charge in [0.25, 0.3) is 0 Å². The van der Waals surface area contributed by atoms with E-state index in [-0.39, 0.29) is 0 Å². The van der Waals surface area contributed by atoms with E-state index < -0.39 is 5.95 Å². The summed E-state index contributed by atoms with van der Waals surface area (Å²) in [4.78, 5) is 8.22. The molecule has 0 atom stereocenters. The first kappa shape index (κ1) is 12.0. The second-order valence-corrected chi connectivity index (χ2v) is 5.18. The smallest absolute Gasteiger partial charge is 0.214 e. The van der Waals surface area contributed by atoms with Crippen molar-refractivity contribution in [3.8, 4) is 0 Å². The summed E-state index contributed by atoms with van der Waals surface area (Å²) in [5.41, 5.74) is 2.23. The van der Waals surface area contributed by atoms with Gasteiger partial charge in [-0.3, -0.25) is 0 Å². The molecule has 2 aromatic heterocycles. The number of nitrogens with zero attached hydrogens (tertiary/aromatic N) is 2. The predicted molar refractivity (Wildman–Crippen MR) is 76.5 cm³/mol. The molecule has 1 aromatic carbocycles. The fourth-order valence-electron chi connectivity index (χ4n) is 1.83. The number of nitrogens with one attached hydrogen (secondary N) is 1. The van der Waals surface area contributed by atoms with E-state index in [1.54, 1.807) is 23.5 Å². The van der Waals surface area contributed by atoms with Crippen molar-refractivity contribution in [2.75, 3.05) is 5.32 Å². The molecule has 3 nitrogen and oxygen atoms in total. The molecule has 0 bridgehead atoms. The molecular weight excluding hydrogens is 261 g/mol. The third kappa shape index (κ3) is 2.56. The van der Waals surface area contributed by atoms with Crippen LogP contribution in [0.4, 0.5) is 15.3 Å². The van der Waals surface area contributed by atoms with Crippen molar-refractivity contribution in [1.29, 1.82) is 0 Å². The highest BCUT2D eigenvalue weighted by Crippen LogP contribution is 2.28. The van der Waals surface area contributed by atoms with E-state index in [1.807, 2.05) is 6.07 Å². The van der Waals surface area contributed by atoms with Crippen molar-refractivity contribution in [2.24, 2.45) is 0 Å². The van der Waals surface area contributed by atoms with Crippen LogP contribution in [0.5, 0.6) is 0 Å². The highest BCUT2D eigenvalue weighted by Gasteiger charge is 2.05. The van der Waals surface area contributed by atoms with Crippen molar-refractivity contribution >= 4 is 32.5 Å². The number of hydrogen-bond donors (Lipinski definition) is 1. The van der Waals surface area contributed by atoms with Crippen LogP contribution in [0.3, 0.4) is 0 Å². The van der Waals surface area contributed by atoms with Gasteiger partial charge in [0, 0.05) is 0 Å². The number of thiazole rings is 1. The van der Waals surface area contributed by atoms with Crippen LogP contribution in [0, 0.1) is 5.95 Å². The monoisotopic (exact) mass is 273 g/mol. The van der Waals surface area contributed by atoms with Crippen LogP contribution in [0.1, 0.15) is 12.5 Å². The fourth-order valence-corrected chi connectivity index (χ4v) is 2.77. The summed E-state index contributed by atoms with van der Waals surface area (Å²) < 4.78 is 14.1. The number of fused-ring (bicyclic) bond motifs is 1. The normalized spacial score (nSPS) is 10.8. The molecule has 1 N–H and O–H groups in total. The van der Waals surface area contributed by atoms with Gasteiger partial charge in [0.05, 0.1) is 10.2 Å². The molecule has 0 aliphatic carbocycles. The molecule has 0 radical (unpaired) electrons. The number of aromatic nitrogens is 2. The van der Waals surface area contributed by atoms with Gasteiger partial charge >= 0.3 is 0 Å². The predicted octanol–water partition coefficient (Wildman–Crippen LogP) is 4.14. The topological polar surface area (TPSA) is 37.8 Å². The Balaban J connectivity index is 1.93. The SMILES string of the molecule is CCc1ccc2nc(Nc3cccc(F)n3)sc2c1. The summed E-state index contributed by atoms with van der Waals surface area (Å²) in [6.07, 6.45) is 1.00. The summed E-state index contributed by atoms with van der Waals surface area (Å²) in [6, 6.07) is 10.9. The molecular formula is C14H12FN3S. The van der Waals surface area contributed by atoms with Gasteiger partial charge in [-0.2, -0.15) is 4.39 Å². The number of anilines is 2. The number of hydrogen-bond acceptors (Lipinski definition) is 4. The summed E-state index contributed by atoms with van der Waals surface area (Å²) in [5, 5.41) is 3.75. The zero-order chi connectivity index (χ0) is 13.2. The quantitative estimate of drug-likeness (QED) is 0.729. The van der Waals surface area contributed by atoms with E-state index in [1.165, 1.54) is 11.6 Å². The standard InChI is InChI=1S/C14H12FN3S/c1-2-9-6-7-10-11(8-9)19-14(16-10)18-13-5-3-4-12(15)17-13/h3-8H,2H2,1H3,(H,16,17,18). The largest absolute Gasteiger partial charge is 0.316 e. The third-order valence-corrected chi connectivity index (χ3v) is 3.74. The maximum absolute atomic E-state index is 13.0. The number of aryl methyl sites for hydroxylation is 1. The number of pyridine rings is 1. The maximum Gasteiger partial charge on any atom is 0.214 e. The zero-order valence-corrected chi connectivity index (χ0v) is 11.2. The van der Waals surface area contributed by atoms with Crippen molar-refractivity contribution in [3.63, 3.8) is 0 Å². The van der Waals surface area contributed by atoms with Gasteiger partial charge < -0.3 is 5.32 Å². The van der Waals surface area contributed by atoms with Crippen LogP contribution in [-0.2, 0) is 6.42 Å². The summed E-state index contributed by atoms with van der Waals surface area (Å²) in [6.45, 7) is 2.12. The van der Waals surface area contributed by atoms with Crippen LogP contribution in [0.15, 0.2) is 36.4 Å². The second-order valence-electron chi connectivity index (χ2n) is 4.15. The lowest BCUT2D eigenvalue weighted by atomic mass is 10.2. The van der Waals surface area contributed by atoms with Crippen LogP contribution < -0.4 is 5.32 Å². The zero-order valence-electron chi connectivity index (χ0n) is 10.4. The Labute approximate surface area is 114 Å². The average molecular weight is 273 g/mol. The Kier molecular flexibility index (Phi) is 3.13. The summed E-state index contributed by atoms with van der Waals surface area (Å²) in [5.74, 6) is -0.0332. The maximum atomic E-state index is 13.0. The molecule has 5 heteroatoms. The van der Waals surface area contributed by atoms with Crippen molar-refractivity contribution < 1.29 is 4.39 Å². The fraction of sp³-hybridized carbons (Fsp3) is 0.143. The van der Waals surface area contributed by atoms with Gasteiger partial charge in [0.2, 0.25) is 5.95 Å². The van der Waals surface area contributed by atoms with Crippen LogP contribution in [-0.4, -0.2) is 9.97 Å². The minimum absolute atomic E-state index is 0.467. The van der Waals surface area contributed by atoms with Crippen LogP contribution in [0.2, 0.25) is 0 Å². The highest BCUT2D eigenvalue weighted by atomic mass is 32.1.